The lowest BCUT2D eigenvalue weighted by Gasteiger charge is -2.32. The Kier molecular flexibility index (Phi) is 12.1. The molecule has 254 valence electrons. The highest BCUT2D eigenvalue weighted by Crippen LogP contribution is 2.38. The number of aromatic amines is 1. The molecule has 1 saturated heterocycles. The quantitative estimate of drug-likeness (QED) is 0.124. The number of piperazine rings is 1. The predicted molar refractivity (Wildman–Crippen MR) is 196 cm³/mol. The molecule has 6 N–H and O–H groups in total. The van der Waals surface area contributed by atoms with E-state index >= 15 is 0 Å². The van der Waals surface area contributed by atoms with E-state index < -0.39 is 0 Å². The largest absolute Gasteiger partial charge is 0.354 e. The second-order valence-electron chi connectivity index (χ2n) is 12.2. The van der Waals surface area contributed by atoms with Crippen molar-refractivity contribution in [1.82, 2.24) is 30.1 Å². The fraction of sp³-hybridized carbons (Fsp3) is 0.371. The molecule has 0 spiro atoms. The Hall–Kier alpha value is -4.00. The lowest BCUT2D eigenvalue weighted by atomic mass is 10.0. The summed E-state index contributed by atoms with van der Waals surface area (Å²) in [6.45, 7) is 6.61. The van der Waals surface area contributed by atoms with Crippen LogP contribution in [0.3, 0.4) is 0 Å². The molecule has 0 bridgehead atoms. The number of H-pyrrole nitrogens is 1. The molecule has 13 heteroatoms. The standard InChI is InChI=1S/C35H42ClN9O2.ClH/c1-44-16-18-45(19-17-44)15-5-14-38-35-39-22-26-20-27(34(47)42-32(26)43-35)31(24-8-9-24)40-30-21-25(10-11-28(30)36)33(46)41-29(12-13-37)23-6-3-2-4-7-23;/h2-4,6-7,10-11,20-22,29,40H,5,8-9,12-19,37H2,1H3,(H,41,46)(H2,38,39,42,43,47);1H. The maximum atomic E-state index is 13.4. The Labute approximate surface area is 291 Å². The van der Waals surface area contributed by atoms with E-state index in [1.807, 2.05) is 30.3 Å². The van der Waals surface area contributed by atoms with Crippen LogP contribution in [0.15, 0.2) is 71.2 Å². The van der Waals surface area contributed by atoms with Crippen LogP contribution in [0.4, 0.5) is 11.6 Å². The Morgan fingerprint density at radius 2 is 1.85 bits per heavy atom. The number of hydrogen-bond donors (Lipinski definition) is 5. The third-order valence-electron chi connectivity index (χ3n) is 8.70. The first-order chi connectivity index (χ1) is 22.9. The van der Waals surface area contributed by atoms with Crippen molar-refractivity contribution in [2.24, 2.45) is 5.73 Å². The maximum Gasteiger partial charge on any atom is 0.258 e. The van der Waals surface area contributed by atoms with Crippen LogP contribution in [0, 0.1) is 0 Å². The number of likely N-dealkylation sites (N-methyl/N-ethyl adjacent to an activating group) is 1. The number of allylic oxidation sites excluding steroid dienone is 1. The van der Waals surface area contributed by atoms with E-state index in [2.05, 4.69) is 47.7 Å². The lowest BCUT2D eigenvalue weighted by molar-refractivity contribution is 0.0935. The molecule has 2 aromatic carbocycles. The number of benzene rings is 2. The van der Waals surface area contributed by atoms with E-state index in [4.69, 9.17) is 17.3 Å². The highest BCUT2D eigenvalue weighted by atomic mass is 35.5. The fourth-order valence-electron chi connectivity index (χ4n) is 5.81. The molecule has 0 radical (unpaired) electrons. The van der Waals surface area contributed by atoms with E-state index in [9.17, 15) is 9.59 Å². The van der Waals surface area contributed by atoms with Crippen LogP contribution < -0.4 is 27.2 Å². The van der Waals surface area contributed by atoms with Gasteiger partial charge >= 0.3 is 0 Å². The van der Waals surface area contributed by atoms with Gasteiger partial charge in [-0.05, 0) is 81.2 Å². The first-order valence-corrected chi connectivity index (χ1v) is 16.7. The Morgan fingerprint density at radius 1 is 1.08 bits per heavy atom. The number of fused-ring (bicyclic) bond motifs is 1. The van der Waals surface area contributed by atoms with Gasteiger partial charge in [0, 0.05) is 49.9 Å². The zero-order valence-corrected chi connectivity index (χ0v) is 28.7. The Morgan fingerprint density at radius 3 is 2.58 bits per heavy atom. The van der Waals surface area contributed by atoms with Crippen molar-refractivity contribution in [1.29, 1.82) is 0 Å². The van der Waals surface area contributed by atoms with Gasteiger partial charge in [0.25, 0.3) is 11.5 Å². The van der Waals surface area contributed by atoms with Crippen molar-refractivity contribution in [2.45, 2.75) is 31.7 Å². The number of nitrogens with two attached hydrogens (primary N) is 1. The van der Waals surface area contributed by atoms with Crippen molar-refractivity contribution in [2.75, 3.05) is 63.5 Å². The summed E-state index contributed by atoms with van der Waals surface area (Å²) in [5, 5.41) is 10.9. The van der Waals surface area contributed by atoms with Crippen molar-refractivity contribution in [3.8, 4) is 0 Å². The summed E-state index contributed by atoms with van der Waals surface area (Å²) in [7, 11) is 2.16. The molecular formula is C35H43Cl2N9O2. The monoisotopic (exact) mass is 691 g/mol. The van der Waals surface area contributed by atoms with E-state index in [1.54, 1.807) is 30.5 Å². The number of pyridine rings is 1. The zero-order chi connectivity index (χ0) is 32.8. The normalized spacial score (nSPS) is 15.4. The molecule has 4 aromatic rings. The SMILES string of the molecule is CN1CCN(CCCNc2ncc3cc(C(Nc4cc(C(=O)NC(CCN)c5ccccc5)ccc4Cl)=C4CC4)c(=O)[nH]c3n2)CC1.Cl. The van der Waals surface area contributed by atoms with Crippen LogP contribution in [0.25, 0.3) is 16.7 Å². The first kappa shape index (κ1) is 35.3. The summed E-state index contributed by atoms with van der Waals surface area (Å²) in [4.78, 5) is 43.6. The van der Waals surface area contributed by atoms with Gasteiger partial charge in [0.15, 0.2) is 0 Å². The summed E-state index contributed by atoms with van der Waals surface area (Å²) < 4.78 is 0. The van der Waals surface area contributed by atoms with Gasteiger partial charge in [-0.2, -0.15) is 4.98 Å². The van der Waals surface area contributed by atoms with Gasteiger partial charge in [-0.1, -0.05) is 41.9 Å². The molecule has 1 aliphatic heterocycles. The second-order valence-corrected chi connectivity index (χ2v) is 12.7. The maximum absolute atomic E-state index is 13.4. The number of rotatable bonds is 13. The molecular weight excluding hydrogens is 649 g/mol. The number of aromatic nitrogens is 3. The van der Waals surface area contributed by atoms with Crippen LogP contribution in [-0.2, 0) is 0 Å². The summed E-state index contributed by atoms with van der Waals surface area (Å²) in [6, 6.07) is 16.4. The summed E-state index contributed by atoms with van der Waals surface area (Å²) >= 11 is 6.61. The van der Waals surface area contributed by atoms with E-state index in [-0.39, 0.29) is 29.9 Å². The molecule has 3 heterocycles. The van der Waals surface area contributed by atoms with Gasteiger partial charge < -0.3 is 36.5 Å². The molecule has 1 saturated carbocycles. The molecule has 1 unspecified atom stereocenters. The van der Waals surface area contributed by atoms with Gasteiger partial charge in [0.05, 0.1) is 28.0 Å². The number of amides is 1. The van der Waals surface area contributed by atoms with Crippen LogP contribution in [0.5, 0.6) is 0 Å². The minimum atomic E-state index is -0.267. The summed E-state index contributed by atoms with van der Waals surface area (Å²) in [6.07, 6.45) is 5.04. The first-order valence-electron chi connectivity index (χ1n) is 16.3. The van der Waals surface area contributed by atoms with E-state index in [0.29, 0.717) is 57.5 Å². The summed E-state index contributed by atoms with van der Waals surface area (Å²) in [5.74, 6) is 0.248. The summed E-state index contributed by atoms with van der Waals surface area (Å²) in [5.41, 5.74) is 10.3. The highest BCUT2D eigenvalue weighted by molar-refractivity contribution is 6.33. The van der Waals surface area contributed by atoms with Crippen LogP contribution in [-0.4, -0.2) is 83.5 Å². The van der Waals surface area contributed by atoms with Crippen molar-refractivity contribution in [3.05, 3.63) is 98.4 Å². The van der Waals surface area contributed by atoms with Gasteiger partial charge in [-0.3, -0.25) is 9.59 Å². The third-order valence-corrected chi connectivity index (χ3v) is 9.03. The van der Waals surface area contributed by atoms with Crippen molar-refractivity contribution in [3.63, 3.8) is 0 Å². The molecule has 11 nitrogen and oxygen atoms in total. The Balaban J connectivity index is 0.00000451. The highest BCUT2D eigenvalue weighted by Gasteiger charge is 2.24. The molecule has 6 rings (SSSR count). The molecule has 2 fully saturated rings. The topological polar surface area (TPSA) is 144 Å². The number of nitrogens with one attached hydrogen (secondary N) is 4. The van der Waals surface area contributed by atoms with Gasteiger partial charge in [-0.25, -0.2) is 4.98 Å². The molecule has 48 heavy (non-hydrogen) atoms. The number of hydrogen-bond acceptors (Lipinski definition) is 9. The van der Waals surface area contributed by atoms with Crippen molar-refractivity contribution >= 4 is 58.3 Å². The average molecular weight is 693 g/mol. The zero-order valence-electron chi connectivity index (χ0n) is 27.1. The number of carbonyl (C=O) groups excluding carboxylic acids is 1. The number of anilines is 2. The molecule has 1 aliphatic carbocycles. The fourth-order valence-corrected chi connectivity index (χ4v) is 5.97. The van der Waals surface area contributed by atoms with Gasteiger partial charge in [0.2, 0.25) is 5.95 Å². The second kappa shape index (κ2) is 16.4. The third kappa shape index (κ3) is 8.91. The average Bonchev–Trinajstić information content (AvgIpc) is 3.93. The molecule has 2 aromatic heterocycles. The van der Waals surface area contributed by atoms with Crippen LogP contribution >= 0.6 is 24.0 Å². The molecule has 1 atom stereocenters. The van der Waals surface area contributed by atoms with Gasteiger partial charge in [0.1, 0.15) is 5.65 Å². The van der Waals surface area contributed by atoms with Crippen molar-refractivity contribution < 1.29 is 4.79 Å². The minimum absolute atomic E-state index is 0. The predicted octanol–water partition coefficient (Wildman–Crippen LogP) is 4.88. The smallest absolute Gasteiger partial charge is 0.258 e. The minimum Gasteiger partial charge on any atom is -0.354 e. The van der Waals surface area contributed by atoms with Gasteiger partial charge in [-0.15, -0.1) is 12.4 Å². The van der Waals surface area contributed by atoms with E-state index in [1.165, 1.54) is 0 Å². The number of halogens is 2. The van der Waals surface area contributed by atoms with E-state index in [0.717, 1.165) is 69.7 Å². The Bertz CT molecular complexity index is 1800. The number of nitrogens with zero attached hydrogens (tertiary/aromatic N) is 4. The van der Waals surface area contributed by atoms with Crippen LogP contribution in [0.1, 0.15) is 53.2 Å². The van der Waals surface area contributed by atoms with Crippen LogP contribution in [0.2, 0.25) is 5.02 Å². The number of carbonyl (C=O) groups is 1. The molecule has 1 amide bonds. The lowest BCUT2D eigenvalue weighted by Crippen LogP contribution is -2.44. The molecule has 2 aliphatic rings.